The molecule has 0 saturated carbocycles. The Kier molecular flexibility index (Phi) is 5.84. The van der Waals surface area contributed by atoms with Gasteiger partial charge in [-0.1, -0.05) is 35.3 Å². The van der Waals surface area contributed by atoms with Crippen LogP contribution >= 0.6 is 23.2 Å². The second-order valence-corrected chi connectivity index (χ2v) is 5.57. The molecule has 0 aliphatic rings. The second-order valence-electron chi connectivity index (χ2n) is 4.72. The maximum Gasteiger partial charge on any atom is 0.277 e. The Balaban J connectivity index is 1.89. The van der Waals surface area contributed by atoms with E-state index < -0.39 is 5.91 Å². The van der Waals surface area contributed by atoms with Gasteiger partial charge >= 0.3 is 0 Å². The number of nitrogens with one attached hydrogen (secondary N) is 1. The molecule has 2 rings (SSSR count). The average molecular weight is 353 g/mol. The monoisotopic (exact) mass is 352 g/mol. The first kappa shape index (κ1) is 17.1. The summed E-state index contributed by atoms with van der Waals surface area (Å²) in [5.74, 6) is 0.00356. The minimum Gasteiger partial charge on any atom is -0.506 e. The van der Waals surface area contributed by atoms with Gasteiger partial charge < -0.3 is 9.84 Å². The number of nitrogens with zero attached hydrogens (tertiary/aromatic N) is 1. The number of benzene rings is 2. The smallest absolute Gasteiger partial charge is 0.277 e. The Labute approximate surface area is 143 Å². The predicted molar refractivity (Wildman–Crippen MR) is 90.5 cm³/mol. The van der Waals surface area contributed by atoms with Crippen LogP contribution in [-0.2, 0) is 4.79 Å². The number of amides is 1. The molecule has 120 valence electrons. The lowest BCUT2D eigenvalue weighted by Gasteiger charge is -2.05. The number of rotatable bonds is 5. The molecule has 0 bridgehead atoms. The SMILES string of the molecule is Cc1cccc(OCC(=O)NN=Cc2cc(Cl)cc(Cl)c2O)c1. The van der Waals surface area contributed by atoms with Crippen LogP contribution in [0.1, 0.15) is 11.1 Å². The summed E-state index contributed by atoms with van der Waals surface area (Å²) in [7, 11) is 0. The van der Waals surface area contributed by atoms with Gasteiger partial charge in [-0.3, -0.25) is 4.79 Å². The summed E-state index contributed by atoms with van der Waals surface area (Å²) in [6.45, 7) is 1.75. The van der Waals surface area contributed by atoms with Crippen molar-refractivity contribution in [1.82, 2.24) is 5.43 Å². The number of ether oxygens (including phenoxy) is 1. The average Bonchev–Trinajstić information content (AvgIpc) is 2.50. The number of carbonyl (C=O) groups is 1. The zero-order chi connectivity index (χ0) is 16.8. The highest BCUT2D eigenvalue weighted by atomic mass is 35.5. The van der Waals surface area contributed by atoms with Crippen molar-refractivity contribution in [1.29, 1.82) is 0 Å². The summed E-state index contributed by atoms with van der Waals surface area (Å²) in [5, 5.41) is 13.9. The highest BCUT2D eigenvalue weighted by molar-refractivity contribution is 6.36. The first-order valence-corrected chi connectivity index (χ1v) is 7.40. The van der Waals surface area contributed by atoms with Gasteiger partial charge in [0.2, 0.25) is 0 Å². The van der Waals surface area contributed by atoms with Crippen molar-refractivity contribution in [3.63, 3.8) is 0 Å². The molecule has 2 N–H and O–H groups in total. The molecule has 1 amide bonds. The van der Waals surface area contributed by atoms with Crippen molar-refractivity contribution in [2.24, 2.45) is 5.10 Å². The lowest BCUT2D eigenvalue weighted by molar-refractivity contribution is -0.123. The van der Waals surface area contributed by atoms with Gasteiger partial charge in [-0.15, -0.1) is 0 Å². The number of halogens is 2. The van der Waals surface area contributed by atoms with Crippen LogP contribution in [0.5, 0.6) is 11.5 Å². The molecule has 0 radical (unpaired) electrons. The summed E-state index contributed by atoms with van der Waals surface area (Å²) < 4.78 is 5.34. The van der Waals surface area contributed by atoms with Crippen molar-refractivity contribution >= 4 is 35.3 Å². The molecular weight excluding hydrogens is 339 g/mol. The lowest BCUT2D eigenvalue weighted by atomic mass is 10.2. The minimum absolute atomic E-state index is 0.105. The zero-order valence-corrected chi connectivity index (χ0v) is 13.7. The number of hydrazone groups is 1. The van der Waals surface area contributed by atoms with Gasteiger partial charge in [0.1, 0.15) is 11.5 Å². The number of hydrogen-bond donors (Lipinski definition) is 2. The first-order chi connectivity index (χ1) is 11.0. The predicted octanol–water partition coefficient (Wildman–Crippen LogP) is 3.54. The summed E-state index contributed by atoms with van der Waals surface area (Å²) in [5.41, 5.74) is 3.62. The molecule has 7 heteroatoms. The molecule has 23 heavy (non-hydrogen) atoms. The van der Waals surface area contributed by atoms with Crippen LogP contribution in [0.15, 0.2) is 41.5 Å². The van der Waals surface area contributed by atoms with E-state index >= 15 is 0 Å². The van der Waals surface area contributed by atoms with Crippen molar-refractivity contribution in [3.05, 3.63) is 57.6 Å². The normalized spacial score (nSPS) is 10.7. The van der Waals surface area contributed by atoms with E-state index in [0.29, 0.717) is 16.3 Å². The third kappa shape index (κ3) is 5.16. The van der Waals surface area contributed by atoms with Gasteiger partial charge in [0, 0.05) is 10.6 Å². The molecule has 0 spiro atoms. The lowest BCUT2D eigenvalue weighted by Crippen LogP contribution is -2.24. The molecule has 0 aliphatic carbocycles. The molecule has 2 aromatic carbocycles. The van der Waals surface area contributed by atoms with Crippen LogP contribution in [0, 0.1) is 6.92 Å². The number of aromatic hydroxyl groups is 1. The van der Waals surface area contributed by atoms with E-state index in [9.17, 15) is 9.90 Å². The van der Waals surface area contributed by atoms with Crippen LogP contribution in [0.2, 0.25) is 10.0 Å². The highest BCUT2D eigenvalue weighted by Gasteiger charge is 2.06. The summed E-state index contributed by atoms with van der Waals surface area (Å²) in [4.78, 5) is 11.6. The van der Waals surface area contributed by atoms with Gasteiger partial charge in [-0.2, -0.15) is 5.10 Å². The fraction of sp³-hybridized carbons (Fsp3) is 0.125. The quantitative estimate of drug-likeness (QED) is 0.638. The zero-order valence-electron chi connectivity index (χ0n) is 12.2. The van der Waals surface area contributed by atoms with Gasteiger partial charge in [-0.25, -0.2) is 5.43 Å². The molecule has 0 saturated heterocycles. The summed E-state index contributed by atoms with van der Waals surface area (Å²) >= 11 is 11.6. The summed E-state index contributed by atoms with van der Waals surface area (Å²) in [6.07, 6.45) is 1.25. The molecule has 0 aromatic heterocycles. The van der Waals surface area contributed by atoms with Crippen molar-refractivity contribution in [3.8, 4) is 11.5 Å². The molecule has 0 fully saturated rings. The van der Waals surface area contributed by atoms with E-state index in [-0.39, 0.29) is 17.4 Å². The Bertz CT molecular complexity index is 748. The van der Waals surface area contributed by atoms with E-state index in [1.165, 1.54) is 18.3 Å². The Morgan fingerprint density at radius 2 is 2.13 bits per heavy atom. The van der Waals surface area contributed by atoms with Gasteiger partial charge in [0.15, 0.2) is 6.61 Å². The Hall–Kier alpha value is -2.24. The molecule has 5 nitrogen and oxygen atoms in total. The van der Waals surface area contributed by atoms with E-state index in [4.69, 9.17) is 27.9 Å². The molecule has 0 aliphatic heterocycles. The Morgan fingerprint density at radius 3 is 2.87 bits per heavy atom. The van der Waals surface area contributed by atoms with Gasteiger partial charge in [-0.05, 0) is 36.8 Å². The fourth-order valence-corrected chi connectivity index (χ4v) is 2.25. The number of phenolic OH excluding ortho intramolecular Hbond substituents is 1. The van der Waals surface area contributed by atoms with E-state index in [0.717, 1.165) is 5.56 Å². The first-order valence-electron chi connectivity index (χ1n) is 6.65. The van der Waals surface area contributed by atoms with Crippen LogP contribution in [0.3, 0.4) is 0 Å². The minimum atomic E-state index is -0.435. The van der Waals surface area contributed by atoms with Crippen LogP contribution in [0.25, 0.3) is 0 Å². The van der Waals surface area contributed by atoms with Crippen LogP contribution in [0.4, 0.5) is 0 Å². The van der Waals surface area contributed by atoms with Crippen molar-refractivity contribution in [2.75, 3.05) is 6.61 Å². The topological polar surface area (TPSA) is 70.9 Å². The second kappa shape index (κ2) is 7.85. The molecule has 0 unspecified atom stereocenters. The number of phenols is 1. The standard InChI is InChI=1S/C16H14Cl2N2O3/c1-10-3-2-4-13(5-10)23-9-15(21)20-19-8-11-6-12(17)7-14(18)16(11)22/h2-8,22H,9H2,1H3,(H,20,21). The third-order valence-corrected chi connectivity index (χ3v) is 3.32. The molecule has 0 heterocycles. The van der Waals surface area contributed by atoms with Gasteiger partial charge in [0.05, 0.1) is 11.2 Å². The van der Waals surface area contributed by atoms with Gasteiger partial charge in [0.25, 0.3) is 5.91 Å². The third-order valence-electron chi connectivity index (χ3n) is 2.81. The van der Waals surface area contributed by atoms with Crippen molar-refractivity contribution < 1.29 is 14.6 Å². The maximum atomic E-state index is 11.6. The molecule has 2 aromatic rings. The molecular formula is C16H14Cl2N2O3. The highest BCUT2D eigenvalue weighted by Crippen LogP contribution is 2.29. The maximum absolute atomic E-state index is 11.6. The van der Waals surface area contributed by atoms with E-state index in [1.54, 1.807) is 6.07 Å². The van der Waals surface area contributed by atoms with Crippen LogP contribution < -0.4 is 10.2 Å². The number of hydrogen-bond acceptors (Lipinski definition) is 4. The number of aryl methyl sites for hydroxylation is 1. The number of carbonyl (C=O) groups excluding carboxylic acids is 1. The Morgan fingerprint density at radius 1 is 1.35 bits per heavy atom. The van der Waals surface area contributed by atoms with Crippen molar-refractivity contribution in [2.45, 2.75) is 6.92 Å². The largest absolute Gasteiger partial charge is 0.506 e. The molecule has 0 atom stereocenters. The van der Waals surface area contributed by atoms with Crippen LogP contribution in [-0.4, -0.2) is 23.8 Å². The fourth-order valence-electron chi connectivity index (χ4n) is 1.74. The summed E-state index contributed by atoms with van der Waals surface area (Å²) in [6, 6.07) is 10.2. The van der Waals surface area contributed by atoms with E-state index in [1.807, 2.05) is 25.1 Å². The van der Waals surface area contributed by atoms with E-state index in [2.05, 4.69) is 10.5 Å².